The van der Waals surface area contributed by atoms with Gasteiger partial charge in [0.25, 0.3) is 0 Å². The quantitative estimate of drug-likeness (QED) is 0.414. The van der Waals surface area contributed by atoms with Crippen LogP contribution in [0.2, 0.25) is 0 Å². The first-order valence-corrected chi connectivity index (χ1v) is 10.8. The molecule has 3 aromatic rings. The van der Waals surface area contributed by atoms with Crippen molar-refractivity contribution in [2.75, 3.05) is 44.5 Å². The molecule has 3 rings (SSSR count). The Morgan fingerprint density at radius 3 is 2.74 bits per heavy atom. The number of amides is 2. The van der Waals surface area contributed by atoms with E-state index in [0.29, 0.717) is 42.8 Å². The summed E-state index contributed by atoms with van der Waals surface area (Å²) in [6.07, 6.45) is 6.60. The number of benzene rings is 1. The van der Waals surface area contributed by atoms with E-state index in [-0.39, 0.29) is 24.8 Å². The Balaban J connectivity index is 1.38. The molecular weight excluding hydrogens is 438 g/mol. The summed E-state index contributed by atoms with van der Waals surface area (Å²) in [7, 11) is 3.29. The number of carbonyl (C=O) groups is 2. The first kappa shape index (κ1) is 24.5. The number of methoxy groups -OCH3 is 1. The lowest BCUT2D eigenvalue weighted by Crippen LogP contribution is -2.33. The van der Waals surface area contributed by atoms with Gasteiger partial charge in [-0.3, -0.25) is 14.3 Å². The van der Waals surface area contributed by atoms with Crippen LogP contribution in [0.1, 0.15) is 12.0 Å². The molecule has 2 aromatic heterocycles. The molecule has 0 aliphatic heterocycles. The van der Waals surface area contributed by atoms with E-state index in [2.05, 4.69) is 25.7 Å². The molecule has 1 aromatic carbocycles. The third-order valence-corrected chi connectivity index (χ3v) is 4.84. The maximum absolute atomic E-state index is 12.5. The highest BCUT2D eigenvalue weighted by atomic mass is 16.5. The van der Waals surface area contributed by atoms with Crippen molar-refractivity contribution in [3.05, 3.63) is 54.6 Å². The third-order valence-electron chi connectivity index (χ3n) is 4.84. The summed E-state index contributed by atoms with van der Waals surface area (Å²) in [6, 6.07) is 7.40. The van der Waals surface area contributed by atoms with E-state index < -0.39 is 0 Å². The van der Waals surface area contributed by atoms with E-state index in [4.69, 9.17) is 9.47 Å². The predicted molar refractivity (Wildman–Crippen MR) is 127 cm³/mol. The molecule has 2 amide bonds. The third kappa shape index (κ3) is 7.47. The van der Waals surface area contributed by atoms with Gasteiger partial charge in [0.05, 0.1) is 25.5 Å². The number of ether oxygens (including phenoxy) is 2. The van der Waals surface area contributed by atoms with Gasteiger partial charge in [0, 0.05) is 38.6 Å². The van der Waals surface area contributed by atoms with Crippen LogP contribution in [0.25, 0.3) is 0 Å². The summed E-state index contributed by atoms with van der Waals surface area (Å²) in [4.78, 5) is 34.3. The van der Waals surface area contributed by atoms with Crippen LogP contribution in [0.5, 0.6) is 11.5 Å². The molecule has 0 saturated carbocycles. The van der Waals surface area contributed by atoms with Crippen molar-refractivity contribution in [3.8, 4) is 11.5 Å². The smallest absolute Gasteiger partial charge is 0.244 e. The van der Waals surface area contributed by atoms with Crippen LogP contribution < -0.4 is 20.1 Å². The van der Waals surface area contributed by atoms with Crippen LogP contribution in [-0.2, 0) is 16.1 Å². The number of hydrogen-bond donors (Lipinski definition) is 2. The second kappa shape index (κ2) is 12.2. The number of nitrogens with one attached hydrogen (secondary N) is 2. The highest BCUT2D eigenvalue weighted by Gasteiger charge is 2.12. The van der Waals surface area contributed by atoms with Crippen molar-refractivity contribution in [2.24, 2.45) is 0 Å². The molecule has 0 aliphatic carbocycles. The summed E-state index contributed by atoms with van der Waals surface area (Å²) in [6.45, 7) is 3.14. The van der Waals surface area contributed by atoms with Crippen molar-refractivity contribution >= 4 is 23.5 Å². The molecule has 0 bridgehead atoms. The standard InChI is InChI=1S/C23H29N7O4/c1-17-5-6-19(20(13-17)33-3)34-12-11-29(2)22(32)16-30-15-18(14-27-30)28-21(31)7-10-26-23-24-8-4-9-25-23/h4-6,8-9,13-15H,7,10-12,16H2,1-3H3,(H,28,31)(H,24,25,26). The van der Waals surface area contributed by atoms with Gasteiger partial charge in [-0.2, -0.15) is 5.10 Å². The van der Waals surface area contributed by atoms with Crippen LogP contribution in [0.4, 0.5) is 11.6 Å². The van der Waals surface area contributed by atoms with E-state index in [9.17, 15) is 9.59 Å². The number of nitrogens with zero attached hydrogens (tertiary/aromatic N) is 5. The lowest BCUT2D eigenvalue weighted by atomic mass is 10.2. The molecular formula is C23H29N7O4. The van der Waals surface area contributed by atoms with Crippen molar-refractivity contribution in [1.82, 2.24) is 24.6 Å². The highest BCUT2D eigenvalue weighted by Crippen LogP contribution is 2.27. The van der Waals surface area contributed by atoms with Crippen molar-refractivity contribution in [1.29, 1.82) is 0 Å². The van der Waals surface area contributed by atoms with E-state index >= 15 is 0 Å². The minimum Gasteiger partial charge on any atom is -0.493 e. The van der Waals surface area contributed by atoms with Gasteiger partial charge >= 0.3 is 0 Å². The van der Waals surface area contributed by atoms with Crippen molar-refractivity contribution < 1.29 is 19.1 Å². The maximum atomic E-state index is 12.5. The molecule has 0 spiro atoms. The molecule has 0 fully saturated rings. The Hall–Kier alpha value is -4.15. The number of carbonyl (C=O) groups excluding carboxylic acids is 2. The van der Waals surface area contributed by atoms with E-state index in [1.165, 1.54) is 10.9 Å². The summed E-state index contributed by atoms with van der Waals surface area (Å²) >= 11 is 0. The average molecular weight is 468 g/mol. The molecule has 2 heterocycles. The first-order chi connectivity index (χ1) is 16.4. The summed E-state index contributed by atoms with van der Waals surface area (Å²) in [5, 5.41) is 9.88. The molecule has 0 unspecified atom stereocenters. The van der Waals surface area contributed by atoms with E-state index in [0.717, 1.165) is 5.56 Å². The fourth-order valence-electron chi connectivity index (χ4n) is 2.99. The molecule has 11 heteroatoms. The second-order valence-electron chi connectivity index (χ2n) is 7.54. The van der Waals surface area contributed by atoms with Gasteiger partial charge in [-0.05, 0) is 30.7 Å². The summed E-state index contributed by atoms with van der Waals surface area (Å²) in [5.74, 6) is 1.44. The van der Waals surface area contributed by atoms with Gasteiger partial charge < -0.3 is 25.0 Å². The van der Waals surface area contributed by atoms with Crippen molar-refractivity contribution in [2.45, 2.75) is 19.9 Å². The van der Waals surface area contributed by atoms with Gasteiger partial charge in [-0.15, -0.1) is 0 Å². The van der Waals surface area contributed by atoms with Crippen LogP contribution in [0.15, 0.2) is 49.1 Å². The second-order valence-corrected chi connectivity index (χ2v) is 7.54. The van der Waals surface area contributed by atoms with Gasteiger partial charge in [0.15, 0.2) is 11.5 Å². The number of aromatic nitrogens is 4. The van der Waals surface area contributed by atoms with Gasteiger partial charge in [0.2, 0.25) is 17.8 Å². The lowest BCUT2D eigenvalue weighted by Gasteiger charge is -2.18. The van der Waals surface area contributed by atoms with Crippen LogP contribution >= 0.6 is 0 Å². The minimum atomic E-state index is -0.185. The van der Waals surface area contributed by atoms with E-state index in [1.807, 2.05) is 25.1 Å². The molecule has 34 heavy (non-hydrogen) atoms. The number of hydrogen-bond acceptors (Lipinski definition) is 8. The minimum absolute atomic E-state index is 0.0487. The lowest BCUT2D eigenvalue weighted by molar-refractivity contribution is -0.131. The van der Waals surface area contributed by atoms with Crippen molar-refractivity contribution in [3.63, 3.8) is 0 Å². The van der Waals surface area contributed by atoms with Gasteiger partial charge in [0.1, 0.15) is 13.2 Å². The van der Waals surface area contributed by atoms with Gasteiger partial charge in [-0.1, -0.05) is 6.07 Å². The topological polar surface area (TPSA) is 124 Å². The predicted octanol–water partition coefficient (Wildman–Crippen LogP) is 1.97. The van der Waals surface area contributed by atoms with Crippen LogP contribution in [-0.4, -0.2) is 70.3 Å². The highest BCUT2D eigenvalue weighted by molar-refractivity contribution is 5.90. The Bertz CT molecular complexity index is 1090. The largest absolute Gasteiger partial charge is 0.493 e. The molecule has 0 atom stereocenters. The number of likely N-dealkylation sites (N-methyl/N-ethyl adjacent to an activating group) is 1. The molecule has 11 nitrogen and oxygen atoms in total. The Kier molecular flexibility index (Phi) is 8.78. The Morgan fingerprint density at radius 2 is 1.97 bits per heavy atom. The monoisotopic (exact) mass is 467 g/mol. The zero-order valence-corrected chi connectivity index (χ0v) is 19.5. The van der Waals surface area contributed by atoms with Crippen LogP contribution in [0, 0.1) is 6.92 Å². The fraction of sp³-hybridized carbons (Fsp3) is 0.348. The molecule has 0 saturated heterocycles. The average Bonchev–Trinajstić information content (AvgIpc) is 3.26. The Morgan fingerprint density at radius 1 is 1.18 bits per heavy atom. The molecule has 180 valence electrons. The number of anilines is 2. The summed E-state index contributed by atoms with van der Waals surface area (Å²) < 4.78 is 12.6. The molecule has 0 radical (unpaired) electrons. The zero-order chi connectivity index (χ0) is 24.3. The first-order valence-electron chi connectivity index (χ1n) is 10.8. The van der Waals surface area contributed by atoms with E-state index in [1.54, 1.807) is 43.7 Å². The van der Waals surface area contributed by atoms with Gasteiger partial charge in [-0.25, -0.2) is 9.97 Å². The zero-order valence-electron chi connectivity index (χ0n) is 19.5. The fourth-order valence-corrected chi connectivity index (χ4v) is 2.99. The number of aryl methyl sites for hydroxylation is 1. The maximum Gasteiger partial charge on any atom is 0.244 e. The number of rotatable bonds is 12. The summed E-state index contributed by atoms with van der Waals surface area (Å²) in [5.41, 5.74) is 1.59. The SMILES string of the molecule is COc1cc(C)ccc1OCCN(C)C(=O)Cn1cc(NC(=O)CCNc2ncccn2)cn1. The molecule has 0 aliphatic rings. The van der Waals surface area contributed by atoms with Crippen LogP contribution in [0.3, 0.4) is 0 Å². The molecule has 2 N–H and O–H groups in total. The normalized spacial score (nSPS) is 10.4. The Labute approximate surface area is 198 Å².